The van der Waals surface area contributed by atoms with E-state index in [2.05, 4.69) is 20.8 Å². The van der Waals surface area contributed by atoms with E-state index in [1.807, 2.05) is 13.1 Å². The largest absolute Gasteiger partial charge is 1.00 e. The van der Waals surface area contributed by atoms with Crippen molar-refractivity contribution in [3.05, 3.63) is 0 Å². The fourth-order valence-electron chi connectivity index (χ4n) is 0. The molecule has 9 heavy (non-hydrogen) atoms. The van der Waals surface area contributed by atoms with Crippen LogP contribution in [-0.4, -0.2) is 13.1 Å². The first-order valence-corrected chi connectivity index (χ1v) is 5.92. The number of hydrogen-bond acceptors (Lipinski definition) is 1. The van der Waals surface area contributed by atoms with Crippen molar-refractivity contribution in [2.24, 2.45) is 0 Å². The fraction of sp³-hybridized carbons (Fsp3) is 1.00. The SMILES string of the molecule is CC(C)(C)[Si](C)(C)O.[H-].[Na+]. The van der Waals surface area contributed by atoms with Crippen LogP contribution in [0.2, 0.25) is 18.1 Å². The van der Waals surface area contributed by atoms with Crippen molar-refractivity contribution in [2.45, 2.75) is 38.9 Å². The molecule has 0 aliphatic carbocycles. The molecule has 0 aliphatic rings. The van der Waals surface area contributed by atoms with Crippen LogP contribution in [-0.2, 0) is 0 Å². The standard InChI is InChI=1S/C6H16OSi.Na.H/c1-6(2,3)8(4,5)7;;/h7H,1-5H3;;/q;+1;-1. The molecule has 0 saturated heterocycles. The predicted molar refractivity (Wildman–Crippen MR) is 40.5 cm³/mol. The maximum atomic E-state index is 9.49. The Bertz CT molecular complexity index is 72.7. The second-order valence-corrected chi connectivity index (χ2v) is 8.43. The van der Waals surface area contributed by atoms with Crippen LogP contribution in [0.15, 0.2) is 0 Å². The molecule has 0 aromatic carbocycles. The molecule has 0 atom stereocenters. The number of rotatable bonds is 0. The fourth-order valence-corrected chi connectivity index (χ4v) is 0. The quantitative estimate of drug-likeness (QED) is 0.451. The van der Waals surface area contributed by atoms with Crippen LogP contribution >= 0.6 is 0 Å². The molecule has 0 rings (SSSR count). The van der Waals surface area contributed by atoms with Gasteiger partial charge < -0.3 is 6.22 Å². The normalized spacial score (nSPS) is 12.7. The van der Waals surface area contributed by atoms with Gasteiger partial charge in [-0.2, -0.15) is 0 Å². The van der Waals surface area contributed by atoms with E-state index in [9.17, 15) is 4.80 Å². The third-order valence-electron chi connectivity index (χ3n) is 1.84. The van der Waals surface area contributed by atoms with Gasteiger partial charge >= 0.3 is 29.6 Å². The third-order valence-corrected chi connectivity index (χ3v) is 5.51. The average molecular weight is 156 g/mol. The molecule has 0 bridgehead atoms. The first-order valence-electron chi connectivity index (χ1n) is 2.97. The van der Waals surface area contributed by atoms with E-state index in [-0.39, 0.29) is 36.0 Å². The summed E-state index contributed by atoms with van der Waals surface area (Å²) in [4.78, 5) is 9.49. The Balaban J connectivity index is -0.000000245. The zero-order chi connectivity index (χ0) is 7.00. The van der Waals surface area contributed by atoms with Gasteiger partial charge in [-0.3, -0.25) is 0 Å². The molecular weight excluding hydrogens is 139 g/mol. The third kappa shape index (κ3) is 4.56. The summed E-state index contributed by atoms with van der Waals surface area (Å²) in [5.41, 5.74) is 0. The van der Waals surface area contributed by atoms with Crippen molar-refractivity contribution < 1.29 is 35.8 Å². The minimum absolute atomic E-state index is 0. The molecule has 0 aromatic rings. The van der Waals surface area contributed by atoms with Crippen molar-refractivity contribution in [2.75, 3.05) is 0 Å². The second kappa shape index (κ2) is 3.53. The maximum Gasteiger partial charge on any atom is 1.00 e. The molecule has 1 nitrogen and oxygen atoms in total. The Morgan fingerprint density at radius 3 is 1.33 bits per heavy atom. The van der Waals surface area contributed by atoms with Crippen LogP contribution in [0.25, 0.3) is 0 Å². The molecule has 0 amide bonds. The molecule has 0 spiro atoms. The first-order chi connectivity index (χ1) is 3.25. The van der Waals surface area contributed by atoms with E-state index in [1.165, 1.54) is 0 Å². The Hall–Kier alpha value is 1.18. The van der Waals surface area contributed by atoms with Crippen molar-refractivity contribution in [3.8, 4) is 0 Å². The molecule has 3 heteroatoms. The van der Waals surface area contributed by atoms with Crippen molar-refractivity contribution in [3.63, 3.8) is 0 Å². The molecular formula is C6H17NaOSi. The van der Waals surface area contributed by atoms with Gasteiger partial charge in [0.15, 0.2) is 8.32 Å². The second-order valence-electron chi connectivity index (χ2n) is 3.81. The predicted octanol–water partition coefficient (Wildman–Crippen LogP) is -0.900. The summed E-state index contributed by atoms with van der Waals surface area (Å²) in [5.74, 6) is 0. The molecule has 0 fully saturated rings. The van der Waals surface area contributed by atoms with Crippen molar-refractivity contribution >= 4 is 8.32 Å². The van der Waals surface area contributed by atoms with E-state index in [4.69, 9.17) is 0 Å². The molecule has 52 valence electrons. The van der Waals surface area contributed by atoms with E-state index >= 15 is 0 Å². The molecule has 0 aromatic heterocycles. The van der Waals surface area contributed by atoms with Crippen LogP contribution in [0.4, 0.5) is 0 Å². The van der Waals surface area contributed by atoms with Gasteiger partial charge in [0.1, 0.15) is 0 Å². The summed E-state index contributed by atoms with van der Waals surface area (Å²) in [6.07, 6.45) is 0. The van der Waals surface area contributed by atoms with Crippen LogP contribution in [0.5, 0.6) is 0 Å². The summed E-state index contributed by atoms with van der Waals surface area (Å²) in [7, 11) is -1.86. The Kier molecular flexibility index (Phi) is 5.03. The number of hydrogen-bond donors (Lipinski definition) is 1. The monoisotopic (exact) mass is 156 g/mol. The van der Waals surface area contributed by atoms with Crippen molar-refractivity contribution in [1.29, 1.82) is 0 Å². The summed E-state index contributed by atoms with van der Waals surface area (Å²) >= 11 is 0. The van der Waals surface area contributed by atoms with Gasteiger partial charge in [-0.05, 0) is 18.1 Å². The first kappa shape index (κ1) is 12.8. The van der Waals surface area contributed by atoms with Crippen LogP contribution in [0.3, 0.4) is 0 Å². The van der Waals surface area contributed by atoms with E-state index < -0.39 is 8.32 Å². The maximum absolute atomic E-state index is 9.49. The van der Waals surface area contributed by atoms with E-state index in [0.29, 0.717) is 0 Å². The van der Waals surface area contributed by atoms with Crippen LogP contribution in [0.1, 0.15) is 22.2 Å². The van der Waals surface area contributed by atoms with Gasteiger partial charge in [0.25, 0.3) is 0 Å². The van der Waals surface area contributed by atoms with Gasteiger partial charge in [-0.15, -0.1) is 0 Å². The minimum Gasteiger partial charge on any atom is -1.00 e. The van der Waals surface area contributed by atoms with Crippen molar-refractivity contribution in [1.82, 2.24) is 0 Å². The smallest absolute Gasteiger partial charge is 1.00 e. The summed E-state index contributed by atoms with van der Waals surface area (Å²) in [5, 5.41) is 0.132. The van der Waals surface area contributed by atoms with Gasteiger partial charge in [0.2, 0.25) is 0 Å². The average Bonchev–Trinajstić information content (AvgIpc) is 1.25. The van der Waals surface area contributed by atoms with Crippen LogP contribution < -0.4 is 29.6 Å². The van der Waals surface area contributed by atoms with Gasteiger partial charge in [-0.1, -0.05) is 20.8 Å². The molecule has 0 heterocycles. The Labute approximate surface area is 82.8 Å². The molecule has 0 unspecified atom stereocenters. The van der Waals surface area contributed by atoms with E-state index in [0.717, 1.165) is 0 Å². The summed E-state index contributed by atoms with van der Waals surface area (Å²) in [6.45, 7) is 10.2. The minimum atomic E-state index is -1.86. The van der Waals surface area contributed by atoms with Gasteiger partial charge in [0.05, 0.1) is 0 Å². The molecule has 1 N–H and O–H groups in total. The summed E-state index contributed by atoms with van der Waals surface area (Å²) in [6, 6.07) is 0. The van der Waals surface area contributed by atoms with Gasteiger partial charge in [0, 0.05) is 0 Å². The topological polar surface area (TPSA) is 20.2 Å². The summed E-state index contributed by atoms with van der Waals surface area (Å²) < 4.78 is 0. The Morgan fingerprint density at radius 2 is 1.33 bits per heavy atom. The zero-order valence-electron chi connectivity index (χ0n) is 8.45. The zero-order valence-corrected chi connectivity index (χ0v) is 10.4. The van der Waals surface area contributed by atoms with Crippen LogP contribution in [0, 0.1) is 0 Å². The molecule has 0 saturated carbocycles. The Morgan fingerprint density at radius 1 is 1.22 bits per heavy atom. The van der Waals surface area contributed by atoms with Gasteiger partial charge in [-0.25, -0.2) is 0 Å². The molecule has 0 aliphatic heterocycles. The van der Waals surface area contributed by atoms with E-state index in [1.54, 1.807) is 0 Å². The molecule has 0 radical (unpaired) electrons.